The molecule has 3 N–H and O–H groups in total. The summed E-state index contributed by atoms with van der Waals surface area (Å²) < 4.78 is 28.4. The van der Waals surface area contributed by atoms with E-state index in [1.165, 1.54) is 24.3 Å². The van der Waals surface area contributed by atoms with E-state index >= 15 is 0 Å². The van der Waals surface area contributed by atoms with E-state index in [1.54, 1.807) is 24.3 Å². The molecule has 2 amide bonds. The lowest BCUT2D eigenvalue weighted by Crippen LogP contribution is -2.48. The Balaban J connectivity index is 1.35. The number of hydrogen-bond acceptors (Lipinski definition) is 3. The summed E-state index contributed by atoms with van der Waals surface area (Å²) in [5.41, 5.74) is 1.42. The van der Waals surface area contributed by atoms with Crippen LogP contribution in [-0.2, 0) is 9.59 Å². The highest BCUT2D eigenvalue weighted by atomic mass is 79.9. The van der Waals surface area contributed by atoms with Gasteiger partial charge in [0, 0.05) is 22.5 Å². The van der Waals surface area contributed by atoms with E-state index < -0.39 is 6.04 Å². The first-order chi connectivity index (χ1) is 19.4. The largest absolute Gasteiger partial charge is 0.352 e. The zero-order chi connectivity index (χ0) is 28.1. The van der Waals surface area contributed by atoms with Crippen LogP contribution in [0.15, 0.2) is 83.4 Å². The molecule has 0 aliphatic heterocycles. The Morgan fingerprint density at radius 3 is 2.12 bits per heavy atom. The normalized spacial score (nSPS) is 24.4. The number of carbonyl (C=O) groups excluding carboxylic acids is 2. The highest BCUT2D eigenvalue weighted by Gasteiger charge is 2.39. The minimum atomic E-state index is -0.559. The van der Waals surface area contributed by atoms with Crippen molar-refractivity contribution >= 4 is 27.7 Å². The van der Waals surface area contributed by atoms with Crippen molar-refractivity contribution < 1.29 is 18.4 Å². The number of rotatable bonds is 9. The lowest BCUT2D eigenvalue weighted by atomic mass is 9.70. The molecule has 2 fully saturated rings. The molecule has 5 rings (SSSR count). The number of benzene rings is 2. The van der Waals surface area contributed by atoms with E-state index in [2.05, 4.69) is 44.0 Å². The maximum absolute atomic E-state index is 14.0. The molecule has 8 heteroatoms. The van der Waals surface area contributed by atoms with Gasteiger partial charge in [-0.25, -0.2) is 8.78 Å². The SMILES string of the molecule is O=C(CNC1CC1)NC1CCC(C(=O)NC(c2ccc(F)cc2)c2ccc(F)cc2)C(C2C=CC=C(Br)C=C2)C1. The lowest BCUT2D eigenvalue weighted by Gasteiger charge is -2.39. The number of amides is 2. The topological polar surface area (TPSA) is 70.2 Å². The Hall–Kier alpha value is -3.10. The van der Waals surface area contributed by atoms with Gasteiger partial charge in [0.1, 0.15) is 11.6 Å². The molecule has 3 aliphatic carbocycles. The van der Waals surface area contributed by atoms with Crippen LogP contribution in [0.25, 0.3) is 0 Å². The molecule has 0 bridgehead atoms. The van der Waals surface area contributed by atoms with Gasteiger partial charge in [0.05, 0.1) is 12.6 Å². The molecule has 210 valence electrons. The van der Waals surface area contributed by atoms with Crippen LogP contribution in [-0.4, -0.2) is 30.4 Å². The molecule has 2 aromatic carbocycles. The number of nitrogens with one attached hydrogen (secondary N) is 3. The van der Waals surface area contributed by atoms with Crippen molar-refractivity contribution in [3.05, 3.63) is 106 Å². The monoisotopic (exact) mass is 609 g/mol. The Labute approximate surface area is 242 Å². The van der Waals surface area contributed by atoms with Crippen molar-refractivity contribution in [2.75, 3.05) is 6.54 Å². The van der Waals surface area contributed by atoms with Crippen LogP contribution in [0.2, 0.25) is 0 Å². The van der Waals surface area contributed by atoms with Crippen molar-refractivity contribution in [3.63, 3.8) is 0 Å². The smallest absolute Gasteiger partial charge is 0.234 e. The average Bonchev–Trinajstić information content (AvgIpc) is 3.80. The van der Waals surface area contributed by atoms with Crippen molar-refractivity contribution in [1.29, 1.82) is 0 Å². The van der Waals surface area contributed by atoms with Crippen molar-refractivity contribution in [3.8, 4) is 0 Å². The summed E-state index contributed by atoms with van der Waals surface area (Å²) in [7, 11) is 0. The zero-order valence-corrected chi connectivity index (χ0v) is 23.7. The van der Waals surface area contributed by atoms with Gasteiger partial charge in [-0.3, -0.25) is 9.59 Å². The second-order valence-corrected chi connectivity index (χ2v) is 11.8. The predicted molar refractivity (Wildman–Crippen MR) is 155 cm³/mol. The van der Waals surface area contributed by atoms with E-state index in [-0.39, 0.29) is 47.2 Å². The quantitative estimate of drug-likeness (QED) is 0.334. The number of hydrogen-bond donors (Lipinski definition) is 3. The first kappa shape index (κ1) is 28.4. The Morgan fingerprint density at radius 2 is 1.50 bits per heavy atom. The van der Waals surface area contributed by atoms with Crippen molar-refractivity contribution in [1.82, 2.24) is 16.0 Å². The van der Waals surface area contributed by atoms with Crippen molar-refractivity contribution in [2.24, 2.45) is 17.8 Å². The van der Waals surface area contributed by atoms with Crippen LogP contribution in [0.5, 0.6) is 0 Å². The third-order valence-electron chi connectivity index (χ3n) is 7.98. The maximum atomic E-state index is 14.0. The molecular formula is C32H34BrF2N3O2. The zero-order valence-electron chi connectivity index (χ0n) is 22.2. The highest BCUT2D eigenvalue weighted by Crippen LogP contribution is 2.39. The third-order valence-corrected chi connectivity index (χ3v) is 8.51. The van der Waals surface area contributed by atoms with Gasteiger partial charge in [0.25, 0.3) is 0 Å². The molecule has 0 heterocycles. The summed E-state index contributed by atoms with van der Waals surface area (Å²) >= 11 is 3.53. The van der Waals surface area contributed by atoms with E-state index in [1.807, 2.05) is 18.2 Å². The maximum Gasteiger partial charge on any atom is 0.234 e. The first-order valence-electron chi connectivity index (χ1n) is 13.9. The van der Waals surface area contributed by atoms with Crippen LogP contribution in [0, 0.1) is 29.4 Å². The Morgan fingerprint density at radius 1 is 0.875 bits per heavy atom. The number of allylic oxidation sites excluding steroid dienone is 6. The summed E-state index contributed by atoms with van der Waals surface area (Å²) in [6.45, 7) is 0.312. The van der Waals surface area contributed by atoms with Crippen molar-refractivity contribution in [2.45, 2.75) is 50.2 Å². The van der Waals surface area contributed by atoms with Gasteiger partial charge in [-0.15, -0.1) is 0 Å². The molecule has 40 heavy (non-hydrogen) atoms. The Kier molecular flexibility index (Phi) is 9.27. The van der Waals surface area contributed by atoms with Crippen LogP contribution in [0.4, 0.5) is 8.78 Å². The fourth-order valence-electron chi connectivity index (χ4n) is 5.69. The summed E-state index contributed by atoms with van der Waals surface area (Å²) in [6.07, 6.45) is 14.4. The summed E-state index contributed by atoms with van der Waals surface area (Å²) in [4.78, 5) is 26.6. The van der Waals surface area contributed by atoms with E-state index in [0.717, 1.165) is 17.3 Å². The minimum Gasteiger partial charge on any atom is -0.352 e. The van der Waals surface area contributed by atoms with E-state index in [4.69, 9.17) is 0 Å². The summed E-state index contributed by atoms with van der Waals surface area (Å²) in [5.74, 6) is -1.21. The predicted octanol–water partition coefficient (Wildman–Crippen LogP) is 5.84. The molecule has 2 aromatic rings. The lowest BCUT2D eigenvalue weighted by molar-refractivity contribution is -0.129. The van der Waals surface area contributed by atoms with Crippen LogP contribution in [0.1, 0.15) is 49.3 Å². The third kappa shape index (κ3) is 7.55. The average molecular weight is 611 g/mol. The van der Waals surface area contributed by atoms with Crippen LogP contribution in [0.3, 0.4) is 0 Å². The number of halogens is 3. The Bertz CT molecular complexity index is 1240. The molecule has 0 saturated heterocycles. The van der Waals surface area contributed by atoms with Gasteiger partial charge in [-0.1, -0.05) is 64.5 Å². The fourth-order valence-corrected chi connectivity index (χ4v) is 6.00. The molecule has 2 saturated carbocycles. The molecule has 0 radical (unpaired) electrons. The minimum absolute atomic E-state index is 0.00133. The molecule has 5 nitrogen and oxygen atoms in total. The summed E-state index contributed by atoms with van der Waals surface area (Å²) in [6, 6.07) is 11.9. The van der Waals surface area contributed by atoms with Crippen LogP contribution < -0.4 is 16.0 Å². The van der Waals surface area contributed by atoms with Gasteiger partial charge < -0.3 is 16.0 Å². The van der Waals surface area contributed by atoms with Gasteiger partial charge in [0.15, 0.2) is 0 Å². The van der Waals surface area contributed by atoms with Gasteiger partial charge in [-0.2, -0.15) is 0 Å². The first-order valence-corrected chi connectivity index (χ1v) is 14.7. The van der Waals surface area contributed by atoms with Crippen LogP contribution >= 0.6 is 15.9 Å². The van der Waals surface area contributed by atoms with Gasteiger partial charge >= 0.3 is 0 Å². The second-order valence-electron chi connectivity index (χ2n) is 10.9. The van der Waals surface area contributed by atoms with Gasteiger partial charge in [0.2, 0.25) is 11.8 Å². The standard InChI is InChI=1S/C32H34BrF2N3O2/c33-23-3-1-2-20(4-9-23)29-18-27(37-30(39)19-36-26-14-15-26)16-17-28(29)32(40)38-31(21-5-10-24(34)11-6-21)22-7-12-25(35)13-8-22/h1-13,20,26-29,31,36H,14-19H2,(H,37,39)(H,38,40). The molecule has 0 spiro atoms. The van der Waals surface area contributed by atoms with E-state index in [9.17, 15) is 18.4 Å². The highest BCUT2D eigenvalue weighted by molar-refractivity contribution is 9.11. The molecular weight excluding hydrogens is 576 g/mol. The molecule has 0 aromatic heterocycles. The second kappa shape index (κ2) is 13.0. The van der Waals surface area contributed by atoms with Gasteiger partial charge in [-0.05, 0) is 85.4 Å². The summed E-state index contributed by atoms with van der Waals surface area (Å²) in [5, 5.41) is 9.64. The van der Waals surface area contributed by atoms with E-state index in [0.29, 0.717) is 43.0 Å². The molecule has 4 atom stereocenters. The number of carbonyl (C=O) groups is 2. The molecule has 4 unspecified atom stereocenters. The fraction of sp³-hybridized carbons (Fsp3) is 0.375. The molecule has 3 aliphatic rings.